The smallest absolute Gasteiger partial charge is 0.213 e. The maximum Gasteiger partial charge on any atom is 0.228 e. The summed E-state index contributed by atoms with van der Waals surface area (Å²) in [5.41, 5.74) is 0. The number of hydrogen-bond donors (Lipinski definition) is 1. The molecule has 0 heterocycles. The average molecular weight is 285 g/mol. The van der Waals surface area contributed by atoms with E-state index in [0.29, 0.717) is 6.42 Å². The second-order valence-electron chi connectivity index (χ2n) is 4.52. The first-order valence-corrected chi connectivity index (χ1v) is 8.38. The highest BCUT2D eigenvalue weighted by Crippen LogP contribution is 2.12. The Labute approximate surface area is 116 Å². The topological polar surface area (TPSA) is 93.8 Å². The van der Waals surface area contributed by atoms with E-state index in [4.69, 9.17) is 10.5 Å². The molecular weight excluding hydrogens is 262 g/mol. The minimum absolute atomic E-state index is 0.0769. The zero-order chi connectivity index (χ0) is 14.6. The van der Waals surface area contributed by atoms with Gasteiger partial charge in [-0.05, 0) is 6.42 Å². The molecule has 0 radical (unpaired) electrons. The standard InChI is InChI=1S/C13H23N3O2S/c1-2-3-4-5-6-7-9-13(12-15)19(17,18)16-11-8-10-14/h13,16H,2-9,11H2,1H3. The van der Waals surface area contributed by atoms with Gasteiger partial charge in [0.1, 0.15) is 0 Å². The lowest BCUT2D eigenvalue weighted by Crippen LogP contribution is -2.34. The van der Waals surface area contributed by atoms with Gasteiger partial charge < -0.3 is 0 Å². The molecule has 0 aromatic heterocycles. The van der Waals surface area contributed by atoms with Crippen molar-refractivity contribution in [3.63, 3.8) is 0 Å². The van der Waals surface area contributed by atoms with Crippen LogP contribution in [0, 0.1) is 22.7 Å². The highest BCUT2D eigenvalue weighted by atomic mass is 32.2. The van der Waals surface area contributed by atoms with Crippen molar-refractivity contribution in [1.82, 2.24) is 4.72 Å². The van der Waals surface area contributed by atoms with E-state index in [-0.39, 0.29) is 13.0 Å². The van der Waals surface area contributed by atoms with Crippen LogP contribution in [0.5, 0.6) is 0 Å². The zero-order valence-electron chi connectivity index (χ0n) is 11.6. The molecule has 0 aromatic carbocycles. The number of sulfonamides is 1. The third-order valence-electron chi connectivity index (χ3n) is 2.88. The maximum absolute atomic E-state index is 11.8. The predicted octanol–water partition coefficient (Wildman–Crippen LogP) is 2.46. The largest absolute Gasteiger partial charge is 0.228 e. The van der Waals surface area contributed by atoms with Crippen molar-refractivity contribution in [2.45, 2.75) is 63.5 Å². The van der Waals surface area contributed by atoms with E-state index in [1.165, 1.54) is 19.3 Å². The second kappa shape index (κ2) is 10.8. The van der Waals surface area contributed by atoms with Gasteiger partial charge in [-0.3, -0.25) is 0 Å². The minimum atomic E-state index is -3.60. The Bertz CT molecular complexity index is 407. The number of hydrogen-bond acceptors (Lipinski definition) is 4. The van der Waals surface area contributed by atoms with E-state index in [2.05, 4.69) is 11.6 Å². The average Bonchev–Trinajstić information content (AvgIpc) is 2.38. The normalized spacial score (nSPS) is 12.6. The van der Waals surface area contributed by atoms with Gasteiger partial charge in [-0.25, -0.2) is 13.1 Å². The van der Waals surface area contributed by atoms with Crippen LogP contribution in [0.3, 0.4) is 0 Å². The number of nitrogens with one attached hydrogen (secondary N) is 1. The molecule has 1 unspecified atom stereocenters. The van der Waals surface area contributed by atoms with E-state index >= 15 is 0 Å². The van der Waals surface area contributed by atoms with E-state index in [0.717, 1.165) is 19.3 Å². The van der Waals surface area contributed by atoms with Crippen LogP contribution >= 0.6 is 0 Å². The van der Waals surface area contributed by atoms with Crippen LogP contribution in [-0.2, 0) is 10.0 Å². The first-order valence-electron chi connectivity index (χ1n) is 6.83. The van der Waals surface area contributed by atoms with Gasteiger partial charge in [-0.1, -0.05) is 45.4 Å². The Balaban J connectivity index is 3.99. The predicted molar refractivity (Wildman–Crippen MR) is 74.5 cm³/mol. The summed E-state index contributed by atoms with van der Waals surface area (Å²) in [6.45, 7) is 2.22. The number of nitriles is 2. The molecule has 0 spiro atoms. The monoisotopic (exact) mass is 285 g/mol. The minimum Gasteiger partial charge on any atom is -0.213 e. The first kappa shape index (κ1) is 17.9. The van der Waals surface area contributed by atoms with Crippen molar-refractivity contribution in [2.75, 3.05) is 6.54 Å². The van der Waals surface area contributed by atoms with Gasteiger partial charge in [0.15, 0.2) is 5.25 Å². The number of unbranched alkanes of at least 4 members (excludes halogenated alkanes) is 5. The molecule has 6 heteroatoms. The van der Waals surface area contributed by atoms with Crippen molar-refractivity contribution in [2.24, 2.45) is 0 Å². The molecule has 0 aromatic rings. The number of nitrogens with zero attached hydrogens (tertiary/aromatic N) is 2. The highest BCUT2D eigenvalue weighted by molar-refractivity contribution is 7.90. The molecule has 19 heavy (non-hydrogen) atoms. The lowest BCUT2D eigenvalue weighted by atomic mass is 10.1. The van der Waals surface area contributed by atoms with Gasteiger partial charge in [0.05, 0.1) is 12.1 Å². The molecule has 0 saturated carbocycles. The van der Waals surface area contributed by atoms with E-state index in [1.807, 2.05) is 12.1 Å². The summed E-state index contributed by atoms with van der Waals surface area (Å²) in [7, 11) is -3.60. The van der Waals surface area contributed by atoms with Crippen LogP contribution in [0.25, 0.3) is 0 Å². The quantitative estimate of drug-likeness (QED) is 0.590. The van der Waals surface area contributed by atoms with Gasteiger partial charge in [0.2, 0.25) is 10.0 Å². The molecule has 0 fully saturated rings. The number of rotatable bonds is 11. The molecule has 1 N–H and O–H groups in total. The fourth-order valence-corrected chi connectivity index (χ4v) is 2.95. The van der Waals surface area contributed by atoms with Crippen molar-refractivity contribution in [1.29, 1.82) is 10.5 Å². The SMILES string of the molecule is CCCCCCCCC(C#N)S(=O)(=O)NCCC#N. The van der Waals surface area contributed by atoms with Crippen LogP contribution in [0.2, 0.25) is 0 Å². The summed E-state index contributed by atoms with van der Waals surface area (Å²) >= 11 is 0. The molecule has 0 aliphatic carbocycles. The van der Waals surface area contributed by atoms with Crippen LogP contribution < -0.4 is 4.72 Å². The first-order chi connectivity index (χ1) is 9.08. The van der Waals surface area contributed by atoms with Crippen molar-refractivity contribution in [3.8, 4) is 12.1 Å². The summed E-state index contributed by atoms with van der Waals surface area (Å²) < 4.78 is 25.8. The van der Waals surface area contributed by atoms with Gasteiger partial charge in [-0.15, -0.1) is 0 Å². The summed E-state index contributed by atoms with van der Waals surface area (Å²) in [5.74, 6) is 0. The molecule has 0 amide bonds. The van der Waals surface area contributed by atoms with Crippen LogP contribution in [-0.4, -0.2) is 20.2 Å². The zero-order valence-corrected chi connectivity index (χ0v) is 12.4. The van der Waals surface area contributed by atoms with E-state index in [1.54, 1.807) is 0 Å². The lowest BCUT2D eigenvalue weighted by Gasteiger charge is -2.10. The van der Waals surface area contributed by atoms with Crippen molar-refractivity contribution < 1.29 is 8.42 Å². The molecule has 0 rings (SSSR count). The van der Waals surface area contributed by atoms with Gasteiger partial charge in [-0.2, -0.15) is 10.5 Å². The van der Waals surface area contributed by atoms with Gasteiger partial charge in [0, 0.05) is 13.0 Å². The molecule has 0 aliphatic heterocycles. The fraction of sp³-hybridized carbons (Fsp3) is 0.846. The Morgan fingerprint density at radius 2 is 1.74 bits per heavy atom. The van der Waals surface area contributed by atoms with Crippen LogP contribution in [0.15, 0.2) is 0 Å². The summed E-state index contributed by atoms with van der Waals surface area (Å²) in [6.07, 6.45) is 6.84. The van der Waals surface area contributed by atoms with E-state index < -0.39 is 15.3 Å². The third kappa shape index (κ3) is 8.58. The molecule has 0 aliphatic rings. The van der Waals surface area contributed by atoms with Crippen molar-refractivity contribution in [3.05, 3.63) is 0 Å². The molecule has 0 bridgehead atoms. The Hall–Kier alpha value is -1.11. The van der Waals surface area contributed by atoms with Gasteiger partial charge >= 0.3 is 0 Å². The van der Waals surface area contributed by atoms with Crippen LogP contribution in [0.1, 0.15) is 58.3 Å². The summed E-state index contributed by atoms with van der Waals surface area (Å²) in [5, 5.41) is 16.3. The van der Waals surface area contributed by atoms with Crippen molar-refractivity contribution >= 4 is 10.0 Å². The molecule has 108 valence electrons. The molecule has 0 saturated heterocycles. The maximum atomic E-state index is 11.8. The molecule has 1 atom stereocenters. The lowest BCUT2D eigenvalue weighted by molar-refractivity contribution is 0.556. The third-order valence-corrected chi connectivity index (χ3v) is 4.58. The summed E-state index contributed by atoms with van der Waals surface area (Å²) in [6, 6.07) is 3.70. The summed E-state index contributed by atoms with van der Waals surface area (Å²) in [4.78, 5) is 0. The van der Waals surface area contributed by atoms with Gasteiger partial charge in [0.25, 0.3) is 0 Å². The Morgan fingerprint density at radius 3 is 2.32 bits per heavy atom. The Kier molecular flexibility index (Phi) is 10.1. The highest BCUT2D eigenvalue weighted by Gasteiger charge is 2.23. The van der Waals surface area contributed by atoms with Crippen LogP contribution in [0.4, 0.5) is 0 Å². The fourth-order valence-electron chi connectivity index (χ4n) is 1.75. The second-order valence-corrected chi connectivity index (χ2v) is 6.47. The Morgan fingerprint density at radius 1 is 1.11 bits per heavy atom. The van der Waals surface area contributed by atoms with E-state index in [9.17, 15) is 8.42 Å². The molecule has 5 nitrogen and oxygen atoms in total. The molecular formula is C13H23N3O2S.